The van der Waals surface area contributed by atoms with E-state index in [2.05, 4.69) is 0 Å². The van der Waals surface area contributed by atoms with Crippen LogP contribution in [0.3, 0.4) is 0 Å². The number of hydrogen-bond donors (Lipinski definition) is 0. The summed E-state index contributed by atoms with van der Waals surface area (Å²) < 4.78 is 73.4. The van der Waals surface area contributed by atoms with Crippen LogP contribution in [0, 0.1) is 11.3 Å². The highest BCUT2D eigenvalue weighted by Crippen LogP contribution is 2.53. The summed E-state index contributed by atoms with van der Waals surface area (Å²) in [4.78, 5) is 0. The van der Waals surface area contributed by atoms with Crippen LogP contribution in [-0.4, -0.2) is 12.4 Å². The third-order valence-electron chi connectivity index (χ3n) is 2.07. The van der Waals surface area contributed by atoms with E-state index in [0.29, 0.717) is 0 Å². The molecule has 0 aliphatic carbocycles. The number of hydrogen-bond acceptors (Lipinski definition) is 0. The van der Waals surface area contributed by atoms with Crippen molar-refractivity contribution in [2.24, 2.45) is 11.3 Å². The van der Waals surface area contributed by atoms with E-state index in [1.807, 2.05) is 0 Å². The molecule has 0 amide bonds. The normalized spacial score (nSPS) is 15.0. The summed E-state index contributed by atoms with van der Waals surface area (Å²) in [7, 11) is 0. The first-order valence-corrected chi connectivity index (χ1v) is 4.05. The highest BCUT2D eigenvalue weighted by atomic mass is 19.4. The molecule has 86 valence electrons. The van der Waals surface area contributed by atoms with Crippen molar-refractivity contribution < 1.29 is 26.3 Å². The van der Waals surface area contributed by atoms with E-state index in [1.165, 1.54) is 13.8 Å². The number of halogens is 6. The molecule has 0 heterocycles. The van der Waals surface area contributed by atoms with Gasteiger partial charge in [0.15, 0.2) is 5.41 Å². The van der Waals surface area contributed by atoms with Crippen molar-refractivity contribution in [3.8, 4) is 0 Å². The molecule has 0 rings (SSSR count). The van der Waals surface area contributed by atoms with Gasteiger partial charge in [0.1, 0.15) is 0 Å². The predicted octanol–water partition coefficient (Wildman–Crippen LogP) is 4.16. The minimum Gasteiger partial charge on any atom is -0.170 e. The SMILES string of the molecule is CC(C)CC(C)(C(F)(F)F)C(F)(F)F. The fourth-order valence-electron chi connectivity index (χ4n) is 1.21. The molecule has 0 atom stereocenters. The first-order valence-electron chi connectivity index (χ1n) is 4.05. The van der Waals surface area contributed by atoms with Gasteiger partial charge in [0.2, 0.25) is 0 Å². The van der Waals surface area contributed by atoms with Crippen LogP contribution in [0.5, 0.6) is 0 Å². The molecule has 6 heteroatoms. The second-order valence-electron chi connectivity index (χ2n) is 3.93. The van der Waals surface area contributed by atoms with Gasteiger partial charge in [0, 0.05) is 0 Å². The third kappa shape index (κ3) is 2.54. The zero-order valence-corrected chi connectivity index (χ0v) is 8.05. The minimum atomic E-state index is -5.25. The van der Waals surface area contributed by atoms with Gasteiger partial charge in [-0.05, 0) is 19.3 Å². The van der Waals surface area contributed by atoms with E-state index in [-0.39, 0.29) is 6.92 Å². The molecule has 0 fully saturated rings. The van der Waals surface area contributed by atoms with Crippen LogP contribution >= 0.6 is 0 Å². The second kappa shape index (κ2) is 3.62. The Morgan fingerprint density at radius 1 is 0.857 bits per heavy atom. The topological polar surface area (TPSA) is 0 Å². The van der Waals surface area contributed by atoms with Gasteiger partial charge in [0.25, 0.3) is 0 Å². The smallest absolute Gasteiger partial charge is 0.170 e. The maximum atomic E-state index is 12.2. The molecule has 0 bridgehead atoms. The zero-order valence-electron chi connectivity index (χ0n) is 8.05. The lowest BCUT2D eigenvalue weighted by atomic mass is 9.80. The molecule has 0 radical (unpaired) electrons. The average Bonchev–Trinajstić information content (AvgIpc) is 1.79. The molecular formula is C8H12F6. The van der Waals surface area contributed by atoms with Crippen molar-refractivity contribution >= 4 is 0 Å². The van der Waals surface area contributed by atoms with E-state index in [4.69, 9.17) is 0 Å². The van der Waals surface area contributed by atoms with Gasteiger partial charge in [-0.25, -0.2) is 0 Å². The lowest BCUT2D eigenvalue weighted by Crippen LogP contribution is -2.48. The Hall–Kier alpha value is -0.420. The monoisotopic (exact) mass is 222 g/mol. The summed E-state index contributed by atoms with van der Waals surface area (Å²) in [6.45, 7) is 2.86. The predicted molar refractivity (Wildman–Crippen MR) is 39.7 cm³/mol. The molecule has 0 nitrogen and oxygen atoms in total. The Labute approximate surface area is 78.3 Å². The van der Waals surface area contributed by atoms with Crippen LogP contribution in [0.2, 0.25) is 0 Å². The van der Waals surface area contributed by atoms with Gasteiger partial charge in [-0.15, -0.1) is 0 Å². The van der Waals surface area contributed by atoms with Crippen molar-refractivity contribution in [2.75, 3.05) is 0 Å². The number of alkyl halides is 6. The summed E-state index contributed by atoms with van der Waals surface area (Å²) in [6, 6.07) is 0. The first kappa shape index (κ1) is 13.6. The van der Waals surface area contributed by atoms with Crippen LogP contribution in [0.25, 0.3) is 0 Å². The Kier molecular flexibility index (Phi) is 3.51. The highest BCUT2D eigenvalue weighted by Gasteiger charge is 2.67. The molecular weight excluding hydrogens is 210 g/mol. The van der Waals surface area contributed by atoms with Gasteiger partial charge >= 0.3 is 12.4 Å². The fourth-order valence-corrected chi connectivity index (χ4v) is 1.21. The largest absolute Gasteiger partial charge is 0.402 e. The molecule has 0 saturated carbocycles. The first-order chi connectivity index (χ1) is 5.92. The van der Waals surface area contributed by atoms with Crippen LogP contribution in [0.4, 0.5) is 26.3 Å². The molecule has 0 unspecified atom stereocenters. The van der Waals surface area contributed by atoms with Gasteiger partial charge in [0.05, 0.1) is 0 Å². The van der Waals surface area contributed by atoms with Gasteiger partial charge in [-0.1, -0.05) is 13.8 Å². The number of rotatable bonds is 2. The fraction of sp³-hybridized carbons (Fsp3) is 1.00. The lowest BCUT2D eigenvalue weighted by molar-refractivity contribution is -0.338. The van der Waals surface area contributed by atoms with E-state index in [9.17, 15) is 26.3 Å². The molecule has 0 aliphatic rings. The van der Waals surface area contributed by atoms with Crippen molar-refractivity contribution in [1.82, 2.24) is 0 Å². The Bertz CT molecular complexity index is 173. The second-order valence-corrected chi connectivity index (χ2v) is 3.93. The Balaban J connectivity index is 5.07. The van der Waals surface area contributed by atoms with Crippen LogP contribution in [0.15, 0.2) is 0 Å². The molecule has 0 aliphatic heterocycles. The van der Waals surface area contributed by atoms with Crippen molar-refractivity contribution in [2.45, 2.75) is 39.5 Å². The van der Waals surface area contributed by atoms with E-state index in [1.54, 1.807) is 0 Å². The van der Waals surface area contributed by atoms with Crippen LogP contribution in [-0.2, 0) is 0 Å². The third-order valence-corrected chi connectivity index (χ3v) is 2.07. The molecule has 0 saturated heterocycles. The van der Waals surface area contributed by atoms with Crippen molar-refractivity contribution in [1.29, 1.82) is 0 Å². The standard InChI is InChI=1S/C8H12F6/c1-5(2)4-6(3,7(9,10)11)8(12,13)14/h5H,4H2,1-3H3. The lowest BCUT2D eigenvalue weighted by Gasteiger charge is -2.35. The van der Waals surface area contributed by atoms with Gasteiger partial charge < -0.3 is 0 Å². The molecule has 0 N–H and O–H groups in total. The molecule has 0 aromatic rings. The van der Waals surface area contributed by atoms with Crippen molar-refractivity contribution in [3.63, 3.8) is 0 Å². The highest BCUT2D eigenvalue weighted by molar-refractivity contribution is 4.89. The summed E-state index contributed by atoms with van der Waals surface area (Å²) >= 11 is 0. The maximum absolute atomic E-state index is 12.2. The molecule has 0 spiro atoms. The maximum Gasteiger partial charge on any atom is 0.402 e. The quantitative estimate of drug-likeness (QED) is 0.615. The molecule has 14 heavy (non-hydrogen) atoms. The summed E-state index contributed by atoms with van der Waals surface area (Å²) in [5.74, 6) is -0.664. The minimum absolute atomic E-state index is 0.201. The Morgan fingerprint density at radius 2 is 1.14 bits per heavy atom. The summed E-state index contributed by atoms with van der Waals surface area (Å²) in [5, 5.41) is 0. The average molecular weight is 222 g/mol. The molecule has 0 aromatic carbocycles. The zero-order chi connectivity index (χ0) is 11.8. The summed E-state index contributed by atoms with van der Waals surface area (Å²) in [5.41, 5.74) is -3.60. The summed E-state index contributed by atoms with van der Waals surface area (Å²) in [6.07, 6.45) is -11.5. The van der Waals surface area contributed by atoms with E-state index < -0.39 is 30.1 Å². The van der Waals surface area contributed by atoms with Crippen LogP contribution in [0.1, 0.15) is 27.2 Å². The van der Waals surface area contributed by atoms with E-state index in [0.717, 1.165) is 0 Å². The molecule has 0 aromatic heterocycles. The van der Waals surface area contributed by atoms with E-state index >= 15 is 0 Å². The van der Waals surface area contributed by atoms with Gasteiger partial charge in [-0.2, -0.15) is 26.3 Å². The Morgan fingerprint density at radius 3 is 1.21 bits per heavy atom. The van der Waals surface area contributed by atoms with Gasteiger partial charge in [-0.3, -0.25) is 0 Å². The van der Waals surface area contributed by atoms with Crippen LogP contribution < -0.4 is 0 Å². The van der Waals surface area contributed by atoms with Crippen molar-refractivity contribution in [3.05, 3.63) is 0 Å².